The monoisotopic (exact) mass is 399 g/mol. The van der Waals surface area contributed by atoms with Crippen molar-refractivity contribution in [1.29, 1.82) is 0 Å². The Bertz CT molecular complexity index is 872. The number of carbonyl (C=O) groups excluding carboxylic acids is 2. The number of benzene rings is 2. The van der Waals surface area contributed by atoms with Crippen molar-refractivity contribution in [2.45, 2.75) is 30.4 Å². The first-order chi connectivity index (χ1) is 13.5. The van der Waals surface area contributed by atoms with Gasteiger partial charge in [-0.3, -0.25) is 9.59 Å². The van der Waals surface area contributed by atoms with Crippen molar-refractivity contribution >= 4 is 40.6 Å². The number of anilines is 3. The minimum absolute atomic E-state index is 0.00543. The average Bonchev–Trinajstić information content (AvgIpc) is 2.84. The van der Waals surface area contributed by atoms with Crippen LogP contribution in [-0.2, 0) is 9.59 Å². The van der Waals surface area contributed by atoms with Crippen LogP contribution in [0.4, 0.5) is 17.1 Å². The van der Waals surface area contributed by atoms with E-state index < -0.39 is 0 Å². The highest BCUT2D eigenvalue weighted by molar-refractivity contribution is 8.00. The molecule has 0 aliphatic carbocycles. The molecule has 0 saturated heterocycles. The van der Waals surface area contributed by atoms with E-state index in [0.29, 0.717) is 28.9 Å². The van der Waals surface area contributed by atoms with Gasteiger partial charge in [0.05, 0.1) is 25.0 Å². The zero-order valence-corrected chi connectivity index (χ0v) is 17.1. The Kier molecular flexibility index (Phi) is 6.46. The normalized spacial score (nSPS) is 16.0. The molecular weight excluding hydrogens is 374 g/mol. The van der Waals surface area contributed by atoms with Crippen LogP contribution < -0.4 is 20.3 Å². The van der Waals surface area contributed by atoms with Gasteiger partial charge in [0.15, 0.2) is 0 Å². The maximum Gasteiger partial charge on any atom is 0.246 e. The summed E-state index contributed by atoms with van der Waals surface area (Å²) < 4.78 is 5.37. The lowest BCUT2D eigenvalue weighted by atomic mass is 10.2. The van der Waals surface area contributed by atoms with E-state index in [2.05, 4.69) is 23.6 Å². The SMILES string of the molecule is COc1ccc(NC(C)=O)cc1NCC(=O)N1CC[C@H](C)Sc2ccccc21. The molecule has 0 spiro atoms. The molecule has 0 aromatic heterocycles. The smallest absolute Gasteiger partial charge is 0.246 e. The number of amides is 2. The number of nitrogens with one attached hydrogen (secondary N) is 2. The number of carbonyl (C=O) groups is 2. The molecular formula is C21H25N3O3S. The Balaban J connectivity index is 1.76. The molecule has 0 bridgehead atoms. The van der Waals surface area contributed by atoms with E-state index in [-0.39, 0.29) is 18.4 Å². The average molecular weight is 400 g/mol. The number of ether oxygens (including phenoxy) is 1. The lowest BCUT2D eigenvalue weighted by molar-refractivity contribution is -0.117. The van der Waals surface area contributed by atoms with E-state index in [4.69, 9.17) is 4.74 Å². The van der Waals surface area contributed by atoms with Crippen LogP contribution in [0.1, 0.15) is 20.3 Å². The molecule has 0 radical (unpaired) electrons. The largest absolute Gasteiger partial charge is 0.495 e. The summed E-state index contributed by atoms with van der Waals surface area (Å²) in [5.41, 5.74) is 2.27. The summed E-state index contributed by atoms with van der Waals surface area (Å²) in [5, 5.41) is 6.36. The number of para-hydroxylation sites is 1. The molecule has 1 aliphatic rings. The summed E-state index contributed by atoms with van der Waals surface area (Å²) in [5.74, 6) is 0.455. The molecule has 7 heteroatoms. The van der Waals surface area contributed by atoms with E-state index in [9.17, 15) is 9.59 Å². The van der Waals surface area contributed by atoms with E-state index in [0.717, 1.165) is 17.0 Å². The van der Waals surface area contributed by atoms with E-state index >= 15 is 0 Å². The van der Waals surface area contributed by atoms with Gasteiger partial charge in [-0.2, -0.15) is 0 Å². The Morgan fingerprint density at radius 3 is 2.79 bits per heavy atom. The highest BCUT2D eigenvalue weighted by Crippen LogP contribution is 2.37. The fraction of sp³-hybridized carbons (Fsp3) is 0.333. The van der Waals surface area contributed by atoms with Crippen LogP contribution in [0.25, 0.3) is 0 Å². The van der Waals surface area contributed by atoms with E-state index in [1.54, 1.807) is 25.3 Å². The standard InChI is InChI=1S/C21H25N3O3S/c1-14-10-11-24(18-6-4-5-7-20(18)28-14)21(26)13-22-17-12-16(23-15(2)25)8-9-19(17)27-3/h4-9,12,14,22H,10-11,13H2,1-3H3,(H,23,25)/t14-/m0/s1. The van der Waals surface area contributed by atoms with Crippen molar-refractivity contribution in [2.24, 2.45) is 0 Å². The third kappa shape index (κ3) is 4.78. The molecule has 0 unspecified atom stereocenters. The molecule has 1 atom stereocenters. The van der Waals surface area contributed by atoms with Gasteiger partial charge in [0.2, 0.25) is 11.8 Å². The maximum atomic E-state index is 13.0. The molecule has 2 aromatic rings. The molecule has 1 aliphatic heterocycles. The van der Waals surface area contributed by atoms with Gasteiger partial charge in [-0.15, -0.1) is 11.8 Å². The summed E-state index contributed by atoms with van der Waals surface area (Å²) in [6.07, 6.45) is 0.937. The topological polar surface area (TPSA) is 70.7 Å². The lowest BCUT2D eigenvalue weighted by Gasteiger charge is -2.23. The minimum Gasteiger partial charge on any atom is -0.495 e. The Hall–Kier alpha value is -2.67. The van der Waals surface area contributed by atoms with E-state index in [1.807, 2.05) is 34.9 Å². The summed E-state index contributed by atoms with van der Waals surface area (Å²) in [6.45, 7) is 4.46. The molecule has 0 fully saturated rings. The lowest BCUT2D eigenvalue weighted by Crippen LogP contribution is -2.36. The first-order valence-corrected chi connectivity index (χ1v) is 10.1. The third-order valence-corrected chi connectivity index (χ3v) is 5.73. The molecule has 3 rings (SSSR count). The second kappa shape index (κ2) is 9.01. The highest BCUT2D eigenvalue weighted by Gasteiger charge is 2.24. The second-order valence-corrected chi connectivity index (χ2v) is 8.16. The van der Waals surface area contributed by atoms with Crippen LogP contribution >= 0.6 is 11.8 Å². The van der Waals surface area contributed by atoms with Crippen molar-refractivity contribution in [3.05, 3.63) is 42.5 Å². The van der Waals surface area contributed by atoms with Gasteiger partial charge in [-0.05, 0) is 36.8 Å². The van der Waals surface area contributed by atoms with Crippen LogP contribution in [0.5, 0.6) is 5.75 Å². The highest BCUT2D eigenvalue weighted by atomic mass is 32.2. The number of nitrogens with zero attached hydrogens (tertiary/aromatic N) is 1. The summed E-state index contributed by atoms with van der Waals surface area (Å²) in [4.78, 5) is 27.3. The van der Waals surface area contributed by atoms with Crippen LogP contribution in [0, 0.1) is 0 Å². The van der Waals surface area contributed by atoms with Gasteiger partial charge in [0.1, 0.15) is 5.75 Å². The molecule has 1 heterocycles. The number of fused-ring (bicyclic) bond motifs is 1. The molecule has 28 heavy (non-hydrogen) atoms. The first kappa shape index (κ1) is 20.1. The van der Waals surface area contributed by atoms with Crippen molar-refractivity contribution < 1.29 is 14.3 Å². The number of methoxy groups -OCH3 is 1. The fourth-order valence-electron chi connectivity index (χ4n) is 3.14. The fourth-order valence-corrected chi connectivity index (χ4v) is 4.25. The van der Waals surface area contributed by atoms with Crippen LogP contribution in [0.2, 0.25) is 0 Å². The van der Waals surface area contributed by atoms with Crippen LogP contribution in [-0.4, -0.2) is 37.3 Å². The summed E-state index contributed by atoms with van der Waals surface area (Å²) in [7, 11) is 1.57. The van der Waals surface area contributed by atoms with Crippen molar-refractivity contribution in [1.82, 2.24) is 0 Å². The number of rotatable bonds is 5. The predicted octanol–water partition coefficient (Wildman–Crippen LogP) is 3.98. The predicted molar refractivity (Wildman–Crippen MR) is 115 cm³/mol. The number of thioether (sulfide) groups is 1. The molecule has 0 saturated carbocycles. The summed E-state index contributed by atoms with van der Waals surface area (Å²) in [6, 6.07) is 13.3. The maximum absolute atomic E-state index is 13.0. The van der Waals surface area contributed by atoms with Crippen LogP contribution in [0.15, 0.2) is 47.4 Å². The molecule has 2 N–H and O–H groups in total. The minimum atomic E-state index is -0.153. The molecule has 6 nitrogen and oxygen atoms in total. The van der Waals surface area contributed by atoms with Crippen molar-refractivity contribution in [3.8, 4) is 5.75 Å². The Morgan fingerprint density at radius 2 is 2.04 bits per heavy atom. The Morgan fingerprint density at radius 1 is 1.25 bits per heavy atom. The zero-order chi connectivity index (χ0) is 20.1. The van der Waals surface area contributed by atoms with Gasteiger partial charge in [0.25, 0.3) is 0 Å². The molecule has 2 amide bonds. The third-order valence-electron chi connectivity index (χ3n) is 4.49. The second-order valence-electron chi connectivity index (χ2n) is 6.68. The number of hydrogen-bond donors (Lipinski definition) is 2. The molecule has 148 valence electrons. The van der Waals surface area contributed by atoms with Crippen molar-refractivity contribution in [3.63, 3.8) is 0 Å². The molecule has 2 aromatic carbocycles. The van der Waals surface area contributed by atoms with Gasteiger partial charge in [0, 0.05) is 29.3 Å². The Labute approximate surface area is 169 Å². The van der Waals surface area contributed by atoms with Crippen molar-refractivity contribution in [2.75, 3.05) is 35.7 Å². The number of hydrogen-bond acceptors (Lipinski definition) is 5. The zero-order valence-electron chi connectivity index (χ0n) is 16.3. The first-order valence-electron chi connectivity index (χ1n) is 9.23. The van der Waals surface area contributed by atoms with E-state index in [1.165, 1.54) is 6.92 Å². The van der Waals surface area contributed by atoms with Crippen LogP contribution in [0.3, 0.4) is 0 Å². The van der Waals surface area contributed by atoms with Gasteiger partial charge >= 0.3 is 0 Å². The van der Waals surface area contributed by atoms with Gasteiger partial charge < -0.3 is 20.3 Å². The quantitative estimate of drug-likeness (QED) is 0.796. The van der Waals surface area contributed by atoms with Gasteiger partial charge in [-0.1, -0.05) is 19.1 Å². The summed E-state index contributed by atoms with van der Waals surface area (Å²) >= 11 is 1.81. The van der Waals surface area contributed by atoms with Gasteiger partial charge in [-0.25, -0.2) is 0 Å².